The van der Waals surface area contributed by atoms with Crippen LogP contribution in [0.25, 0.3) is 0 Å². The Labute approximate surface area is 81.7 Å². The number of nitrogens with one attached hydrogen (secondary N) is 1. The van der Waals surface area contributed by atoms with Gasteiger partial charge in [-0.1, -0.05) is 29.8 Å². The van der Waals surface area contributed by atoms with Crippen LogP contribution in [0.1, 0.15) is 20.0 Å². The van der Waals surface area contributed by atoms with E-state index in [0.29, 0.717) is 6.54 Å². The van der Waals surface area contributed by atoms with E-state index < -0.39 is 6.50 Å². The standard InChI is InChI=1S/C11H15NO/c1-9-3-2-4-10(7-9)11-8-12-5-6-13-11/h2-4,7,11-12H,5-6,8H2,1H3/i5D2. The first-order chi connectivity index (χ1) is 7.07. The summed E-state index contributed by atoms with van der Waals surface area (Å²) < 4.78 is 20.4. The summed E-state index contributed by atoms with van der Waals surface area (Å²) in [4.78, 5) is 0. The molecule has 0 saturated carbocycles. The molecule has 0 radical (unpaired) electrons. The van der Waals surface area contributed by atoms with Crippen LogP contribution >= 0.6 is 0 Å². The van der Waals surface area contributed by atoms with Crippen LogP contribution in [-0.2, 0) is 4.74 Å². The van der Waals surface area contributed by atoms with Crippen molar-refractivity contribution in [2.75, 3.05) is 19.6 Å². The van der Waals surface area contributed by atoms with Crippen molar-refractivity contribution in [1.82, 2.24) is 5.32 Å². The third-order valence-corrected chi connectivity index (χ3v) is 2.18. The highest BCUT2D eigenvalue weighted by Crippen LogP contribution is 2.19. The quantitative estimate of drug-likeness (QED) is 0.708. The van der Waals surface area contributed by atoms with Gasteiger partial charge in [0, 0.05) is 15.8 Å². The Morgan fingerprint density at radius 2 is 2.54 bits per heavy atom. The van der Waals surface area contributed by atoms with E-state index in [9.17, 15) is 0 Å². The van der Waals surface area contributed by atoms with Gasteiger partial charge in [-0.3, -0.25) is 0 Å². The summed E-state index contributed by atoms with van der Waals surface area (Å²) in [6.07, 6.45) is -0.0336. The minimum Gasteiger partial charge on any atom is -0.371 e. The molecule has 2 nitrogen and oxygen atoms in total. The first-order valence-corrected chi connectivity index (χ1v) is 4.50. The maximum absolute atomic E-state index is 7.45. The Balaban J connectivity index is 2.08. The zero-order valence-electron chi connectivity index (χ0n) is 9.71. The fourth-order valence-corrected chi connectivity index (χ4v) is 1.50. The van der Waals surface area contributed by atoms with Gasteiger partial charge < -0.3 is 10.1 Å². The van der Waals surface area contributed by atoms with Crippen LogP contribution < -0.4 is 5.32 Å². The van der Waals surface area contributed by atoms with E-state index in [4.69, 9.17) is 7.48 Å². The predicted molar refractivity (Wildman–Crippen MR) is 52.7 cm³/mol. The molecule has 0 spiro atoms. The van der Waals surface area contributed by atoms with Gasteiger partial charge in [0.2, 0.25) is 0 Å². The molecule has 1 saturated heterocycles. The Morgan fingerprint density at radius 3 is 3.23 bits per heavy atom. The summed E-state index contributed by atoms with van der Waals surface area (Å²) in [5.41, 5.74) is 2.31. The van der Waals surface area contributed by atoms with Crippen molar-refractivity contribution in [2.45, 2.75) is 13.0 Å². The average Bonchev–Trinajstić information content (AvgIpc) is 2.17. The van der Waals surface area contributed by atoms with E-state index in [0.717, 1.165) is 5.56 Å². The molecule has 1 aromatic carbocycles. The number of hydrogen-bond donors (Lipinski definition) is 1. The Hall–Kier alpha value is -0.860. The molecule has 0 aliphatic carbocycles. The van der Waals surface area contributed by atoms with Gasteiger partial charge in [0.25, 0.3) is 0 Å². The summed E-state index contributed by atoms with van der Waals surface area (Å²) in [6, 6.07) is 8.13. The molecule has 70 valence electrons. The summed E-state index contributed by atoms with van der Waals surface area (Å²) in [7, 11) is 0. The number of benzene rings is 1. The molecular weight excluding hydrogens is 162 g/mol. The van der Waals surface area contributed by atoms with Crippen molar-refractivity contribution in [3.05, 3.63) is 35.4 Å². The molecule has 2 heteroatoms. The SMILES string of the molecule is [2H]C1([2H])COC(c2cccc(C)c2)CN1. The summed E-state index contributed by atoms with van der Waals surface area (Å²) in [6.45, 7) is 1.28. The molecular formula is C11H15NO. The third-order valence-electron chi connectivity index (χ3n) is 2.18. The van der Waals surface area contributed by atoms with E-state index >= 15 is 0 Å². The lowest BCUT2D eigenvalue weighted by Gasteiger charge is -2.24. The van der Waals surface area contributed by atoms with Crippen LogP contribution in [0.5, 0.6) is 0 Å². The molecule has 0 bridgehead atoms. The lowest BCUT2D eigenvalue weighted by molar-refractivity contribution is 0.0277. The van der Waals surface area contributed by atoms with Crippen molar-refractivity contribution in [1.29, 1.82) is 0 Å². The molecule has 1 atom stereocenters. The second-order valence-electron chi connectivity index (χ2n) is 3.27. The summed E-state index contributed by atoms with van der Waals surface area (Å²) >= 11 is 0. The van der Waals surface area contributed by atoms with E-state index in [-0.39, 0.29) is 12.7 Å². The molecule has 1 N–H and O–H groups in total. The van der Waals surface area contributed by atoms with Crippen molar-refractivity contribution in [3.63, 3.8) is 0 Å². The van der Waals surface area contributed by atoms with Crippen LogP contribution in [0.15, 0.2) is 24.3 Å². The van der Waals surface area contributed by atoms with Crippen LogP contribution in [0.3, 0.4) is 0 Å². The largest absolute Gasteiger partial charge is 0.371 e. The smallest absolute Gasteiger partial charge is 0.0949 e. The summed E-state index contributed by atoms with van der Waals surface area (Å²) in [5, 5.41) is 2.83. The van der Waals surface area contributed by atoms with Gasteiger partial charge in [-0.25, -0.2) is 0 Å². The number of ether oxygens (including phenoxy) is 1. The van der Waals surface area contributed by atoms with E-state index in [1.54, 1.807) is 0 Å². The molecule has 2 rings (SSSR count). The molecule has 1 fully saturated rings. The van der Waals surface area contributed by atoms with Gasteiger partial charge in [0.1, 0.15) is 0 Å². The number of rotatable bonds is 1. The zero-order chi connectivity index (χ0) is 10.9. The Morgan fingerprint density at radius 1 is 1.62 bits per heavy atom. The van der Waals surface area contributed by atoms with E-state index in [2.05, 4.69) is 11.4 Å². The highest BCUT2D eigenvalue weighted by atomic mass is 16.5. The maximum Gasteiger partial charge on any atom is 0.0949 e. The third kappa shape index (κ3) is 2.08. The average molecular weight is 179 g/mol. The Bertz CT molecular complexity index is 344. The van der Waals surface area contributed by atoms with Gasteiger partial charge in [-0.15, -0.1) is 0 Å². The normalized spacial score (nSPS) is 29.2. The van der Waals surface area contributed by atoms with Gasteiger partial charge in [0.05, 0.1) is 12.7 Å². The van der Waals surface area contributed by atoms with Crippen molar-refractivity contribution in [2.24, 2.45) is 0 Å². The maximum atomic E-state index is 7.45. The topological polar surface area (TPSA) is 21.3 Å². The second kappa shape index (κ2) is 3.90. The van der Waals surface area contributed by atoms with Gasteiger partial charge in [-0.05, 0) is 12.5 Å². The number of aryl methyl sites for hydroxylation is 1. The first-order valence-electron chi connectivity index (χ1n) is 5.50. The molecule has 0 aromatic heterocycles. The highest BCUT2D eigenvalue weighted by Gasteiger charge is 2.14. The predicted octanol–water partition coefficient (Wildman–Crippen LogP) is 1.66. The fraction of sp³-hybridized carbons (Fsp3) is 0.455. The molecule has 1 heterocycles. The van der Waals surface area contributed by atoms with E-state index in [1.807, 2.05) is 25.1 Å². The highest BCUT2D eigenvalue weighted by molar-refractivity contribution is 5.24. The molecule has 1 aromatic rings. The molecule has 13 heavy (non-hydrogen) atoms. The number of hydrogen-bond acceptors (Lipinski definition) is 2. The Kier molecular flexibility index (Phi) is 1.97. The fourth-order valence-electron chi connectivity index (χ4n) is 1.50. The van der Waals surface area contributed by atoms with Crippen LogP contribution in [0, 0.1) is 6.92 Å². The summed E-state index contributed by atoms with van der Waals surface area (Å²) in [5.74, 6) is 0. The molecule has 1 aliphatic rings. The molecule has 1 aliphatic heterocycles. The molecule has 1 unspecified atom stereocenters. The van der Waals surface area contributed by atoms with Crippen LogP contribution in [0.2, 0.25) is 0 Å². The lowest BCUT2D eigenvalue weighted by atomic mass is 10.1. The van der Waals surface area contributed by atoms with Crippen LogP contribution in [-0.4, -0.2) is 19.6 Å². The van der Waals surface area contributed by atoms with Crippen LogP contribution in [0.4, 0.5) is 0 Å². The van der Waals surface area contributed by atoms with E-state index in [1.165, 1.54) is 5.56 Å². The lowest BCUT2D eigenvalue weighted by Crippen LogP contribution is -2.33. The minimum atomic E-state index is -1.39. The zero-order valence-corrected chi connectivity index (χ0v) is 7.71. The van der Waals surface area contributed by atoms with Crippen molar-refractivity contribution >= 4 is 0 Å². The first kappa shape index (κ1) is 6.57. The number of morpholine rings is 1. The second-order valence-corrected chi connectivity index (χ2v) is 3.27. The molecule has 0 amide bonds. The van der Waals surface area contributed by atoms with Crippen molar-refractivity contribution < 1.29 is 7.48 Å². The minimum absolute atomic E-state index is 0.0336. The van der Waals surface area contributed by atoms with Gasteiger partial charge in [-0.2, -0.15) is 0 Å². The van der Waals surface area contributed by atoms with Gasteiger partial charge >= 0.3 is 0 Å². The van der Waals surface area contributed by atoms with Crippen molar-refractivity contribution in [3.8, 4) is 0 Å². The van der Waals surface area contributed by atoms with Gasteiger partial charge in [0.15, 0.2) is 0 Å². The monoisotopic (exact) mass is 179 g/mol.